The van der Waals surface area contributed by atoms with Crippen LogP contribution in [0.2, 0.25) is 0 Å². The molecule has 8 atom stereocenters. The summed E-state index contributed by atoms with van der Waals surface area (Å²) in [5.41, 5.74) is 2.37. The minimum Gasteiger partial charge on any atom is -0.393 e. The molecule has 188 valence electrons. The van der Waals surface area contributed by atoms with E-state index in [1.807, 2.05) is 0 Å². The monoisotopic (exact) mass is 457 g/mol. The maximum absolute atomic E-state index is 12.9. The topological polar surface area (TPSA) is 40.5 Å². The molecule has 1 unspecified atom stereocenters. The van der Waals surface area contributed by atoms with Gasteiger partial charge in [-0.1, -0.05) is 46.3 Å². The van der Waals surface area contributed by atoms with Gasteiger partial charge in [0.05, 0.1) is 6.10 Å². The van der Waals surface area contributed by atoms with Crippen LogP contribution in [0.5, 0.6) is 0 Å². The van der Waals surface area contributed by atoms with Crippen molar-refractivity contribution in [1.29, 1.82) is 0 Å². The van der Waals surface area contributed by atoms with Crippen LogP contribution >= 0.6 is 0 Å². The second kappa shape index (κ2) is 10.0. The molecule has 0 heterocycles. The van der Waals surface area contributed by atoms with E-state index in [1.165, 1.54) is 38.5 Å². The molecule has 33 heavy (non-hydrogen) atoms. The second-order valence-corrected chi connectivity index (χ2v) is 12.8. The SMILES string of the molecule is CCCN(CCC)C(=O)CCC(C)[C@H]1CC[C@H]2[C@@H]3CC=C4C[C@@H](O)CC[C@]4(C)[C@H]3CC[C@]12C. The molecule has 3 heteroatoms. The Morgan fingerprint density at radius 2 is 1.82 bits per heavy atom. The van der Waals surface area contributed by atoms with Gasteiger partial charge < -0.3 is 10.0 Å². The molecule has 0 bridgehead atoms. The number of carbonyl (C=O) groups is 1. The van der Waals surface area contributed by atoms with E-state index in [1.54, 1.807) is 5.57 Å². The van der Waals surface area contributed by atoms with Crippen molar-refractivity contribution in [2.24, 2.45) is 40.4 Å². The highest BCUT2D eigenvalue weighted by Crippen LogP contribution is 2.67. The minimum atomic E-state index is -0.111. The molecule has 4 rings (SSSR count). The van der Waals surface area contributed by atoms with Gasteiger partial charge in [-0.15, -0.1) is 0 Å². The highest BCUT2D eigenvalue weighted by molar-refractivity contribution is 5.76. The van der Waals surface area contributed by atoms with Crippen LogP contribution in [-0.4, -0.2) is 35.1 Å². The third-order valence-electron chi connectivity index (χ3n) is 11.0. The van der Waals surface area contributed by atoms with E-state index in [0.29, 0.717) is 22.7 Å². The van der Waals surface area contributed by atoms with Crippen molar-refractivity contribution in [2.75, 3.05) is 13.1 Å². The Morgan fingerprint density at radius 1 is 1.09 bits per heavy atom. The summed E-state index contributed by atoms with van der Waals surface area (Å²) >= 11 is 0. The normalized spacial score (nSPS) is 40.9. The van der Waals surface area contributed by atoms with Crippen LogP contribution in [0, 0.1) is 40.4 Å². The molecule has 0 saturated heterocycles. The Kier molecular flexibility index (Phi) is 7.68. The van der Waals surface area contributed by atoms with Crippen LogP contribution in [0.15, 0.2) is 11.6 Å². The first-order chi connectivity index (χ1) is 15.7. The van der Waals surface area contributed by atoms with E-state index in [-0.39, 0.29) is 6.10 Å². The molecule has 0 aromatic carbocycles. The lowest BCUT2D eigenvalue weighted by Crippen LogP contribution is -2.50. The van der Waals surface area contributed by atoms with Crippen LogP contribution in [0.4, 0.5) is 0 Å². The van der Waals surface area contributed by atoms with E-state index >= 15 is 0 Å². The summed E-state index contributed by atoms with van der Waals surface area (Å²) < 4.78 is 0. The van der Waals surface area contributed by atoms with Crippen molar-refractivity contribution in [3.63, 3.8) is 0 Å². The maximum Gasteiger partial charge on any atom is 0.222 e. The Hall–Kier alpha value is -0.830. The van der Waals surface area contributed by atoms with Gasteiger partial charge in [0.1, 0.15) is 0 Å². The third kappa shape index (κ3) is 4.57. The zero-order chi connectivity index (χ0) is 23.8. The van der Waals surface area contributed by atoms with E-state index < -0.39 is 0 Å². The van der Waals surface area contributed by atoms with Crippen molar-refractivity contribution in [3.05, 3.63) is 11.6 Å². The van der Waals surface area contributed by atoms with Gasteiger partial charge in [-0.3, -0.25) is 4.79 Å². The maximum atomic E-state index is 12.9. The van der Waals surface area contributed by atoms with E-state index in [4.69, 9.17) is 0 Å². The fraction of sp³-hybridized carbons (Fsp3) is 0.900. The highest BCUT2D eigenvalue weighted by Gasteiger charge is 2.59. The van der Waals surface area contributed by atoms with Gasteiger partial charge in [0, 0.05) is 19.5 Å². The molecule has 0 aromatic heterocycles. The van der Waals surface area contributed by atoms with Crippen molar-refractivity contribution in [2.45, 2.75) is 118 Å². The van der Waals surface area contributed by atoms with Crippen molar-refractivity contribution in [3.8, 4) is 0 Å². The second-order valence-electron chi connectivity index (χ2n) is 12.8. The van der Waals surface area contributed by atoms with Crippen molar-refractivity contribution >= 4 is 5.91 Å². The molecule has 3 nitrogen and oxygen atoms in total. The third-order valence-corrected chi connectivity index (χ3v) is 11.0. The zero-order valence-corrected chi connectivity index (χ0v) is 22.2. The number of amides is 1. The van der Waals surface area contributed by atoms with Crippen LogP contribution in [0.1, 0.15) is 112 Å². The van der Waals surface area contributed by atoms with E-state index in [9.17, 15) is 9.90 Å². The first-order valence-corrected chi connectivity index (χ1v) is 14.4. The molecule has 3 saturated carbocycles. The fourth-order valence-corrected chi connectivity index (χ4v) is 9.23. The number of nitrogens with zero attached hydrogens (tertiary/aromatic N) is 1. The smallest absolute Gasteiger partial charge is 0.222 e. The van der Waals surface area contributed by atoms with Gasteiger partial charge in [-0.2, -0.15) is 0 Å². The summed E-state index contributed by atoms with van der Waals surface area (Å²) in [7, 11) is 0. The Balaban J connectivity index is 1.42. The quantitative estimate of drug-likeness (QED) is 0.399. The van der Waals surface area contributed by atoms with Crippen molar-refractivity contribution < 1.29 is 9.90 Å². The van der Waals surface area contributed by atoms with Gasteiger partial charge in [0.2, 0.25) is 5.91 Å². The highest BCUT2D eigenvalue weighted by atomic mass is 16.3. The fourth-order valence-electron chi connectivity index (χ4n) is 9.23. The molecule has 0 spiro atoms. The van der Waals surface area contributed by atoms with Crippen LogP contribution in [0.3, 0.4) is 0 Å². The number of rotatable bonds is 8. The summed E-state index contributed by atoms with van der Waals surface area (Å²) in [5.74, 6) is 4.28. The van der Waals surface area contributed by atoms with Crippen LogP contribution in [0.25, 0.3) is 0 Å². The predicted octanol–water partition coefficient (Wildman–Crippen LogP) is 6.99. The van der Waals surface area contributed by atoms with E-state index in [0.717, 1.165) is 75.3 Å². The number of hydrogen-bond acceptors (Lipinski definition) is 2. The number of aliphatic hydroxyl groups excluding tert-OH is 1. The summed E-state index contributed by atoms with van der Waals surface area (Å²) in [6.45, 7) is 13.8. The molecule has 0 aromatic rings. The molecular weight excluding hydrogens is 406 g/mol. The predicted molar refractivity (Wildman–Crippen MR) is 137 cm³/mol. The van der Waals surface area contributed by atoms with Crippen LogP contribution < -0.4 is 0 Å². The Labute approximate surface area is 203 Å². The van der Waals surface area contributed by atoms with Gasteiger partial charge in [0.25, 0.3) is 0 Å². The molecular formula is C30H51NO2. The standard InChI is InChI=1S/C30H51NO2/c1-6-18-31(19-7-2)28(33)13-8-21(3)25-11-12-26-24-10-9-22-20-23(32)14-16-29(22,4)27(24)15-17-30(25,26)5/h9,21,23-27,32H,6-8,10-20H2,1-5H3/t21?,23-,24-,25+,26-,27-,29-,30+/m0/s1. The molecule has 4 aliphatic carbocycles. The molecule has 4 aliphatic rings. The van der Waals surface area contributed by atoms with Crippen LogP contribution in [-0.2, 0) is 4.79 Å². The van der Waals surface area contributed by atoms with Gasteiger partial charge >= 0.3 is 0 Å². The number of fused-ring (bicyclic) bond motifs is 5. The molecule has 1 amide bonds. The lowest BCUT2D eigenvalue weighted by atomic mass is 9.47. The zero-order valence-electron chi connectivity index (χ0n) is 22.2. The van der Waals surface area contributed by atoms with Gasteiger partial charge in [0.15, 0.2) is 0 Å². The molecule has 1 N–H and O–H groups in total. The Morgan fingerprint density at radius 3 is 2.52 bits per heavy atom. The summed E-state index contributed by atoms with van der Waals surface area (Å²) in [4.78, 5) is 15.0. The van der Waals surface area contributed by atoms with Gasteiger partial charge in [-0.05, 0) is 111 Å². The van der Waals surface area contributed by atoms with Gasteiger partial charge in [-0.25, -0.2) is 0 Å². The summed E-state index contributed by atoms with van der Waals surface area (Å²) in [5, 5.41) is 10.3. The van der Waals surface area contributed by atoms with Crippen molar-refractivity contribution in [1.82, 2.24) is 4.90 Å². The lowest BCUT2D eigenvalue weighted by Gasteiger charge is -2.58. The average Bonchev–Trinajstić information content (AvgIpc) is 3.15. The van der Waals surface area contributed by atoms with E-state index in [2.05, 4.69) is 45.6 Å². The molecule has 0 radical (unpaired) electrons. The minimum absolute atomic E-state index is 0.111. The number of aliphatic hydroxyl groups is 1. The summed E-state index contributed by atoms with van der Waals surface area (Å²) in [6, 6.07) is 0. The first-order valence-electron chi connectivity index (χ1n) is 14.4. The molecule has 0 aliphatic heterocycles. The largest absolute Gasteiger partial charge is 0.393 e. The average molecular weight is 458 g/mol. The Bertz CT molecular complexity index is 725. The molecule has 3 fully saturated rings. The first kappa shape index (κ1) is 25.3. The number of allylic oxidation sites excluding steroid dienone is 1. The summed E-state index contributed by atoms with van der Waals surface area (Å²) in [6.07, 6.45) is 16.2. The number of carbonyl (C=O) groups excluding carboxylic acids is 1. The lowest BCUT2D eigenvalue weighted by molar-refractivity contribution is -0.131. The number of hydrogen-bond donors (Lipinski definition) is 1.